The van der Waals surface area contributed by atoms with E-state index < -0.39 is 15.8 Å². The van der Waals surface area contributed by atoms with E-state index in [1.165, 1.54) is 37.4 Å². The molecule has 4 nitrogen and oxygen atoms in total. The molecule has 0 atom stereocenters. The van der Waals surface area contributed by atoms with E-state index in [-0.39, 0.29) is 32.9 Å². The monoisotopic (exact) mass is 377 g/mol. The van der Waals surface area contributed by atoms with Crippen LogP contribution in [0.25, 0.3) is 0 Å². The smallest absolute Gasteiger partial charge is 0.265 e. The highest BCUT2D eigenvalue weighted by molar-refractivity contribution is 7.93. The van der Waals surface area contributed by atoms with Crippen molar-refractivity contribution in [3.8, 4) is 5.75 Å². The SMILES string of the molecule is CCN(c1cccc(F)c1)S(=O)(=O)c1ccc(OC)c(Cl)c1Cl. The van der Waals surface area contributed by atoms with Crippen molar-refractivity contribution < 1.29 is 17.5 Å². The normalized spacial score (nSPS) is 11.3. The molecule has 0 heterocycles. The molecule has 0 unspecified atom stereocenters. The Hall–Kier alpha value is -1.50. The van der Waals surface area contributed by atoms with Crippen LogP contribution in [0.4, 0.5) is 10.1 Å². The van der Waals surface area contributed by atoms with E-state index in [1.807, 2.05) is 0 Å². The summed E-state index contributed by atoms with van der Waals surface area (Å²) in [6.07, 6.45) is 0. The number of ether oxygens (including phenoxy) is 1. The first kappa shape index (κ1) is 17.8. The molecule has 0 spiro atoms. The van der Waals surface area contributed by atoms with E-state index in [9.17, 15) is 12.8 Å². The van der Waals surface area contributed by atoms with Gasteiger partial charge in [-0.3, -0.25) is 4.31 Å². The van der Waals surface area contributed by atoms with Gasteiger partial charge in [0.05, 0.1) is 17.8 Å². The number of nitrogens with zero attached hydrogens (tertiary/aromatic N) is 1. The van der Waals surface area contributed by atoms with Crippen LogP contribution in [0.2, 0.25) is 10.0 Å². The van der Waals surface area contributed by atoms with Crippen molar-refractivity contribution in [3.63, 3.8) is 0 Å². The van der Waals surface area contributed by atoms with Crippen molar-refractivity contribution in [3.05, 3.63) is 52.3 Å². The molecule has 2 rings (SSSR count). The molecule has 0 fully saturated rings. The zero-order valence-electron chi connectivity index (χ0n) is 12.4. The highest BCUT2D eigenvalue weighted by Crippen LogP contribution is 2.38. The Balaban J connectivity index is 2.58. The standard InChI is InChI=1S/C15H14Cl2FNO3S/c1-3-19(11-6-4-5-10(18)9-11)23(20,21)13-8-7-12(22-2)14(16)15(13)17/h4-9H,3H2,1-2H3. The Bertz CT molecular complexity index is 827. The molecule has 0 amide bonds. The maximum absolute atomic E-state index is 13.4. The lowest BCUT2D eigenvalue weighted by Gasteiger charge is -2.24. The molecule has 2 aromatic carbocycles. The average Bonchev–Trinajstić information content (AvgIpc) is 2.50. The van der Waals surface area contributed by atoms with Crippen LogP contribution in [-0.2, 0) is 10.0 Å². The Morgan fingerprint density at radius 1 is 1.17 bits per heavy atom. The summed E-state index contributed by atoms with van der Waals surface area (Å²) in [5.41, 5.74) is 0.204. The molecule has 0 aliphatic carbocycles. The third-order valence-corrected chi connectivity index (χ3v) is 6.10. The minimum Gasteiger partial charge on any atom is -0.495 e. The number of halogens is 3. The molecule has 0 aliphatic heterocycles. The third kappa shape index (κ3) is 3.39. The van der Waals surface area contributed by atoms with Gasteiger partial charge in [-0.15, -0.1) is 0 Å². The van der Waals surface area contributed by atoms with Crippen LogP contribution < -0.4 is 9.04 Å². The summed E-state index contributed by atoms with van der Waals surface area (Å²) < 4.78 is 45.2. The van der Waals surface area contributed by atoms with Crippen molar-refractivity contribution in [2.45, 2.75) is 11.8 Å². The van der Waals surface area contributed by atoms with Gasteiger partial charge in [0, 0.05) is 6.54 Å². The van der Waals surface area contributed by atoms with Gasteiger partial charge >= 0.3 is 0 Å². The van der Waals surface area contributed by atoms with Gasteiger partial charge < -0.3 is 4.74 Å². The maximum atomic E-state index is 13.4. The van der Waals surface area contributed by atoms with Crippen LogP contribution in [0.1, 0.15) is 6.92 Å². The zero-order valence-corrected chi connectivity index (χ0v) is 14.7. The number of benzene rings is 2. The highest BCUT2D eigenvalue weighted by Gasteiger charge is 2.28. The van der Waals surface area contributed by atoms with E-state index in [0.717, 1.165) is 10.4 Å². The Kier molecular flexibility index (Phi) is 5.39. The lowest BCUT2D eigenvalue weighted by molar-refractivity contribution is 0.414. The number of anilines is 1. The van der Waals surface area contributed by atoms with Gasteiger partial charge in [-0.05, 0) is 37.3 Å². The van der Waals surface area contributed by atoms with E-state index in [1.54, 1.807) is 6.92 Å². The van der Waals surface area contributed by atoms with Crippen molar-refractivity contribution >= 4 is 38.9 Å². The van der Waals surface area contributed by atoms with E-state index in [2.05, 4.69) is 0 Å². The van der Waals surface area contributed by atoms with Crippen LogP contribution in [0.3, 0.4) is 0 Å². The molecule has 0 saturated heterocycles. The molecule has 23 heavy (non-hydrogen) atoms. The summed E-state index contributed by atoms with van der Waals surface area (Å²) in [5.74, 6) is -0.264. The summed E-state index contributed by atoms with van der Waals surface area (Å²) in [4.78, 5) is -0.170. The number of rotatable bonds is 5. The zero-order chi connectivity index (χ0) is 17.2. The van der Waals surface area contributed by atoms with Gasteiger partial charge in [-0.2, -0.15) is 0 Å². The van der Waals surface area contributed by atoms with Crippen molar-refractivity contribution in [1.82, 2.24) is 0 Å². The first-order valence-electron chi connectivity index (χ1n) is 6.63. The second kappa shape index (κ2) is 6.95. The minimum atomic E-state index is -4.00. The fourth-order valence-electron chi connectivity index (χ4n) is 2.11. The Morgan fingerprint density at radius 2 is 1.87 bits per heavy atom. The van der Waals surface area contributed by atoms with Crippen LogP contribution >= 0.6 is 23.2 Å². The summed E-state index contributed by atoms with van der Waals surface area (Å²) in [7, 11) is -2.60. The predicted octanol–water partition coefficient (Wildman–Crippen LogP) is 4.36. The van der Waals surface area contributed by atoms with Gasteiger partial charge in [-0.1, -0.05) is 29.3 Å². The number of hydrogen-bond donors (Lipinski definition) is 0. The first-order valence-corrected chi connectivity index (χ1v) is 8.82. The van der Waals surface area contributed by atoms with Gasteiger partial charge in [0.1, 0.15) is 21.5 Å². The number of methoxy groups -OCH3 is 1. The van der Waals surface area contributed by atoms with Crippen molar-refractivity contribution in [1.29, 1.82) is 0 Å². The molecule has 8 heteroatoms. The summed E-state index contributed by atoms with van der Waals surface area (Å²) in [5, 5.41) is -0.133. The van der Waals surface area contributed by atoms with Gasteiger partial charge in [0.25, 0.3) is 10.0 Å². The van der Waals surface area contributed by atoms with E-state index in [4.69, 9.17) is 27.9 Å². The fourth-order valence-corrected chi connectivity index (χ4v) is 4.40. The van der Waals surface area contributed by atoms with Crippen LogP contribution in [0.5, 0.6) is 5.75 Å². The molecular formula is C15H14Cl2FNO3S. The van der Waals surface area contributed by atoms with Gasteiger partial charge in [0.2, 0.25) is 0 Å². The maximum Gasteiger partial charge on any atom is 0.265 e. The lowest BCUT2D eigenvalue weighted by atomic mass is 10.3. The molecule has 0 saturated carbocycles. The van der Waals surface area contributed by atoms with Crippen LogP contribution in [0, 0.1) is 5.82 Å². The van der Waals surface area contributed by atoms with E-state index in [0.29, 0.717) is 0 Å². The average molecular weight is 378 g/mol. The van der Waals surface area contributed by atoms with Crippen LogP contribution in [0.15, 0.2) is 41.3 Å². The summed E-state index contributed by atoms with van der Waals surface area (Å²) in [6, 6.07) is 8.04. The first-order chi connectivity index (χ1) is 10.8. The van der Waals surface area contributed by atoms with Gasteiger partial charge in [-0.25, -0.2) is 12.8 Å². The molecule has 0 bridgehead atoms. The molecule has 124 valence electrons. The number of sulfonamides is 1. The molecule has 0 radical (unpaired) electrons. The Morgan fingerprint density at radius 3 is 2.43 bits per heavy atom. The molecule has 0 N–H and O–H groups in total. The highest BCUT2D eigenvalue weighted by atomic mass is 35.5. The molecular weight excluding hydrogens is 364 g/mol. The van der Waals surface area contributed by atoms with Crippen LogP contribution in [-0.4, -0.2) is 22.1 Å². The fraction of sp³-hybridized carbons (Fsp3) is 0.200. The molecule has 2 aromatic rings. The second-order valence-electron chi connectivity index (χ2n) is 4.54. The van der Waals surface area contributed by atoms with Crippen molar-refractivity contribution in [2.24, 2.45) is 0 Å². The predicted molar refractivity (Wildman–Crippen MR) is 89.6 cm³/mol. The largest absolute Gasteiger partial charge is 0.495 e. The molecule has 0 aromatic heterocycles. The summed E-state index contributed by atoms with van der Waals surface area (Å²) >= 11 is 12.1. The third-order valence-electron chi connectivity index (χ3n) is 3.18. The van der Waals surface area contributed by atoms with Crippen molar-refractivity contribution in [2.75, 3.05) is 18.0 Å². The van der Waals surface area contributed by atoms with Gasteiger partial charge in [0.15, 0.2) is 0 Å². The Labute approximate surface area is 144 Å². The molecule has 0 aliphatic rings. The quantitative estimate of drug-likeness (QED) is 0.777. The summed E-state index contributed by atoms with van der Waals surface area (Å²) in [6.45, 7) is 1.74. The van der Waals surface area contributed by atoms with E-state index >= 15 is 0 Å². The minimum absolute atomic E-state index is 0.00513. The second-order valence-corrected chi connectivity index (χ2v) is 7.13. The topological polar surface area (TPSA) is 46.6 Å². The number of hydrogen-bond acceptors (Lipinski definition) is 3. The lowest BCUT2D eigenvalue weighted by Crippen LogP contribution is -2.31.